The number of unbranched alkanes of at least 4 members (excludes halogenated alkanes) is 1. The first kappa shape index (κ1) is 53.8. The van der Waals surface area contributed by atoms with Crippen LogP contribution in [0.5, 0.6) is 0 Å². The Labute approximate surface area is 468 Å². The van der Waals surface area contributed by atoms with E-state index in [0.717, 1.165) is 84.6 Å². The molecule has 0 amide bonds. The molecule has 1 aliphatic carbocycles. The van der Waals surface area contributed by atoms with E-state index in [1.807, 2.05) is 42.5 Å². The average Bonchev–Trinajstić information content (AvgIpc) is 1.91. The number of hydrogen-bond acceptors (Lipinski definition) is 10. The molecule has 3 N–H and O–H groups in total. The predicted octanol–water partition coefficient (Wildman–Crippen LogP) is 9.26. The van der Waals surface area contributed by atoms with E-state index in [1.165, 1.54) is 34.9 Å². The van der Waals surface area contributed by atoms with Crippen molar-refractivity contribution < 1.29 is 33.7 Å². The van der Waals surface area contributed by atoms with Crippen molar-refractivity contribution in [3.05, 3.63) is 173 Å². The van der Waals surface area contributed by atoms with Crippen molar-refractivity contribution in [1.82, 2.24) is 14.8 Å². The van der Waals surface area contributed by atoms with Crippen LogP contribution in [0.1, 0.15) is 106 Å². The monoisotopic (exact) mass is 1080 g/mol. The second kappa shape index (κ2) is 20.6. The van der Waals surface area contributed by atoms with E-state index in [0.29, 0.717) is 38.3 Å². The Bertz CT molecular complexity index is 3220. The van der Waals surface area contributed by atoms with E-state index < -0.39 is 53.9 Å². The van der Waals surface area contributed by atoms with Crippen molar-refractivity contribution in [2.24, 2.45) is 11.3 Å². The summed E-state index contributed by atoms with van der Waals surface area (Å²) in [5, 5.41) is 30.1. The number of fused-ring (bicyclic) bond motifs is 6. The number of hydrogen-bond donors (Lipinski definition) is 3. The average molecular weight is 1080 g/mol. The number of carbonyl (C=O) groups excluding carboxylic acids is 2. The van der Waals surface area contributed by atoms with Gasteiger partial charge < -0.3 is 34.0 Å². The minimum Gasteiger partial charge on any atom is -0.467 e. The zero-order valence-corrected chi connectivity index (χ0v) is 48.2. The third-order valence-corrected chi connectivity index (χ3v) is 24.6. The lowest BCUT2D eigenvalue weighted by atomic mass is 9.47. The maximum absolute atomic E-state index is 15.7. The molecule has 5 aliphatic heterocycles. The molecular formula is C67H80N4O7Si. The first-order valence-electron chi connectivity index (χ1n) is 29.3. The van der Waals surface area contributed by atoms with Crippen molar-refractivity contribution in [2.45, 2.75) is 138 Å². The number of rotatable bonds is 15. The highest BCUT2D eigenvalue weighted by Gasteiger charge is 2.80. The summed E-state index contributed by atoms with van der Waals surface area (Å²) in [6, 6.07) is 44.0. The molecule has 6 aliphatic rings. The van der Waals surface area contributed by atoms with Gasteiger partial charge in [-0.25, -0.2) is 4.79 Å². The highest BCUT2D eigenvalue weighted by molar-refractivity contribution is 6.97. The van der Waals surface area contributed by atoms with Gasteiger partial charge in [0.2, 0.25) is 5.60 Å². The number of methoxy groups -OCH3 is 1. The number of para-hydroxylation sites is 1. The summed E-state index contributed by atoms with van der Waals surface area (Å²) in [6.07, 6.45) is 9.51. The van der Waals surface area contributed by atoms with Crippen LogP contribution in [0.25, 0.3) is 10.9 Å². The zero-order valence-electron chi connectivity index (χ0n) is 47.2. The van der Waals surface area contributed by atoms with Crippen molar-refractivity contribution in [3.63, 3.8) is 0 Å². The molecule has 2 saturated heterocycles. The molecule has 6 aromatic rings. The molecule has 414 valence electrons. The van der Waals surface area contributed by atoms with Crippen molar-refractivity contribution >= 4 is 47.2 Å². The number of aryl methyl sites for hydroxylation is 1. The standard InChI is InChI=1S/C67H80N4O7Si/c1-7-64(74)42-48-41-63(4,58-52(32-36-70(43-48)45-64)51-29-18-19-30-55(51)68-58)53-40-54-56(39-46(53)3)69(5)60-66(54)34-37-71-35-22-33-65(8-2,59(66)71)61(67(60,75)62(73)76-6)78-79(49-25-14-10-15-26-49,50-27-16-11-17-28-50)38-21-20-31-57(72)77-44-47-23-12-9-13-24-47/h9-19,22-30,33,39-40,48,59-61,68,74-75H,7-8,20-21,31-32,34-38,41-45H2,1-6H3/t48?,59-,60+,61+,63+,64-,65+,66+,67-/m0/s1. The van der Waals surface area contributed by atoms with Crippen LogP contribution in [-0.2, 0) is 47.3 Å². The normalized spacial score (nSPS) is 30.8. The predicted molar refractivity (Wildman–Crippen MR) is 314 cm³/mol. The van der Waals surface area contributed by atoms with Gasteiger partial charge in [-0.3, -0.25) is 14.6 Å². The Morgan fingerprint density at radius 1 is 0.823 bits per heavy atom. The number of carbonyl (C=O) groups is 2. The Hall–Kier alpha value is -5.86. The molecule has 2 bridgehead atoms. The van der Waals surface area contributed by atoms with Crippen LogP contribution in [0.3, 0.4) is 0 Å². The fourth-order valence-corrected chi connectivity index (χ4v) is 21.4. The van der Waals surface area contributed by atoms with Gasteiger partial charge in [-0.1, -0.05) is 148 Å². The van der Waals surface area contributed by atoms with Crippen LogP contribution in [0.2, 0.25) is 6.04 Å². The molecule has 11 nitrogen and oxygen atoms in total. The van der Waals surface area contributed by atoms with Crippen LogP contribution in [0, 0.1) is 18.3 Å². The fourth-order valence-electron chi connectivity index (χ4n) is 17.1. The SMILES string of the molecule is CC[C@]1(O)CC2CN(CCc3c([nH]c4ccccc34)[C@@](C)(c3cc4c(cc3C)N(C)[C@H]3[C@@](O)(C(=O)OC)[C@H](O[Si](CCCCC(=O)OCc5ccccc5)(c5ccccc5)c5ccccc5)[C@]5(CC)C=CCN6CC[C@]43[C@@H]65)C2)C1. The largest absolute Gasteiger partial charge is 0.467 e. The molecule has 2 unspecified atom stereocenters. The number of benzene rings is 5. The molecule has 12 rings (SSSR count). The van der Waals surface area contributed by atoms with Gasteiger partial charge in [0.1, 0.15) is 6.61 Å². The van der Waals surface area contributed by atoms with E-state index in [9.17, 15) is 15.0 Å². The number of likely N-dealkylation sites (N-methyl/N-ethyl adjacent to an activating group) is 1. The molecule has 3 fully saturated rings. The summed E-state index contributed by atoms with van der Waals surface area (Å²) in [4.78, 5) is 40.4. The number of aliphatic hydroxyl groups is 2. The van der Waals surface area contributed by atoms with E-state index in [-0.39, 0.29) is 31.0 Å². The zero-order chi connectivity index (χ0) is 55.0. The lowest BCUT2D eigenvalue weighted by molar-refractivity contribution is -0.213. The first-order chi connectivity index (χ1) is 38.2. The van der Waals surface area contributed by atoms with Crippen molar-refractivity contribution in [3.8, 4) is 0 Å². The number of nitrogens with zero attached hydrogens (tertiary/aromatic N) is 3. The highest BCUT2D eigenvalue weighted by atomic mass is 28.4. The van der Waals surface area contributed by atoms with Gasteiger partial charge in [-0.05, 0) is 128 Å². The Morgan fingerprint density at radius 3 is 2.22 bits per heavy atom. The van der Waals surface area contributed by atoms with Crippen LogP contribution in [-0.4, -0.2) is 122 Å². The van der Waals surface area contributed by atoms with Crippen molar-refractivity contribution in [2.75, 3.05) is 51.8 Å². The molecule has 79 heavy (non-hydrogen) atoms. The van der Waals surface area contributed by atoms with Crippen LogP contribution < -0.4 is 15.3 Å². The van der Waals surface area contributed by atoms with E-state index in [1.54, 1.807) is 0 Å². The summed E-state index contributed by atoms with van der Waals surface area (Å²) in [7, 11) is 0.00529. The van der Waals surface area contributed by atoms with Crippen LogP contribution in [0.4, 0.5) is 5.69 Å². The smallest absolute Gasteiger partial charge is 0.342 e. The number of nitrogens with one attached hydrogen (secondary N) is 1. The molecule has 1 saturated carbocycles. The van der Waals surface area contributed by atoms with Gasteiger partial charge in [0.05, 0.1) is 24.9 Å². The quantitative estimate of drug-likeness (QED) is 0.0397. The number of anilines is 1. The van der Waals surface area contributed by atoms with E-state index in [4.69, 9.17) is 13.9 Å². The maximum Gasteiger partial charge on any atom is 0.342 e. The molecule has 1 spiro atoms. The van der Waals surface area contributed by atoms with E-state index >= 15 is 4.79 Å². The summed E-state index contributed by atoms with van der Waals surface area (Å²) < 4.78 is 20.1. The maximum atomic E-state index is 15.7. The molecule has 10 atom stereocenters. The molecular weight excluding hydrogens is 1000 g/mol. The first-order valence-corrected chi connectivity index (χ1v) is 31.4. The Morgan fingerprint density at radius 2 is 1.52 bits per heavy atom. The van der Waals surface area contributed by atoms with Crippen LogP contribution in [0.15, 0.2) is 140 Å². The second-order valence-corrected chi connectivity index (χ2v) is 28.2. The lowest BCUT2D eigenvalue weighted by Gasteiger charge is -2.65. The van der Waals surface area contributed by atoms with Gasteiger partial charge in [0.15, 0.2) is 0 Å². The van der Waals surface area contributed by atoms with Gasteiger partial charge in [-0.15, -0.1) is 0 Å². The summed E-state index contributed by atoms with van der Waals surface area (Å²) in [5.41, 5.74) is 4.26. The third kappa shape index (κ3) is 8.52. The number of piperidine rings is 1. The summed E-state index contributed by atoms with van der Waals surface area (Å²) >= 11 is 0. The summed E-state index contributed by atoms with van der Waals surface area (Å²) in [5.74, 6) is -0.695. The number of H-pyrrole nitrogens is 1. The minimum atomic E-state index is -3.49. The molecule has 0 radical (unpaired) electrons. The molecule has 5 aromatic carbocycles. The van der Waals surface area contributed by atoms with Gasteiger partial charge in [-0.2, -0.15) is 0 Å². The van der Waals surface area contributed by atoms with Gasteiger partial charge in [0, 0.05) is 84.2 Å². The number of ether oxygens (including phenoxy) is 2. The molecule has 1 aromatic heterocycles. The Balaban J connectivity index is 1.00. The number of aromatic amines is 1. The third-order valence-electron chi connectivity index (χ3n) is 20.4. The Kier molecular flexibility index (Phi) is 14.0. The highest BCUT2D eigenvalue weighted by Crippen LogP contribution is 2.68. The minimum absolute atomic E-state index is 0.157. The number of aromatic nitrogens is 1. The van der Waals surface area contributed by atoms with Gasteiger partial charge in [0.25, 0.3) is 8.32 Å². The van der Waals surface area contributed by atoms with Crippen molar-refractivity contribution in [1.29, 1.82) is 0 Å². The summed E-state index contributed by atoms with van der Waals surface area (Å²) in [6.45, 7) is 13.3. The van der Waals surface area contributed by atoms with Crippen LogP contribution >= 0.6 is 0 Å². The fraction of sp³-hybridized carbons (Fsp3) is 0.463. The van der Waals surface area contributed by atoms with Gasteiger partial charge >= 0.3 is 11.9 Å². The molecule has 12 heteroatoms. The lowest BCUT2D eigenvalue weighted by Crippen LogP contribution is -2.83. The van der Waals surface area contributed by atoms with E-state index in [2.05, 4.69) is 152 Å². The topological polar surface area (TPSA) is 128 Å². The number of esters is 2. The molecule has 6 heterocycles. The second-order valence-electron chi connectivity index (χ2n) is 24.7.